The quantitative estimate of drug-likeness (QED) is 0.881. The second-order valence-corrected chi connectivity index (χ2v) is 6.43. The van der Waals surface area contributed by atoms with Crippen molar-refractivity contribution in [2.45, 2.75) is 32.7 Å². The molecule has 0 spiro atoms. The average molecular weight is 346 g/mol. The summed E-state index contributed by atoms with van der Waals surface area (Å²) in [6.45, 7) is 6.12. The second kappa shape index (κ2) is 8.73. The number of amides is 1. The molecule has 1 aliphatic rings. The van der Waals surface area contributed by atoms with Crippen LogP contribution in [0.5, 0.6) is 0 Å². The minimum Gasteiger partial charge on any atom is -0.329 e. The van der Waals surface area contributed by atoms with E-state index >= 15 is 0 Å². The molecule has 0 radical (unpaired) electrons. The lowest BCUT2D eigenvalue weighted by molar-refractivity contribution is -0.118. The molecule has 4 nitrogen and oxygen atoms in total. The molecule has 1 aliphatic heterocycles. The topological polar surface area (TPSA) is 58.4 Å². The van der Waals surface area contributed by atoms with E-state index < -0.39 is 0 Å². The highest BCUT2D eigenvalue weighted by Crippen LogP contribution is 2.24. The van der Waals surface area contributed by atoms with Crippen LogP contribution in [-0.2, 0) is 4.79 Å². The largest absolute Gasteiger partial charge is 0.329 e. The molecule has 22 heavy (non-hydrogen) atoms. The minimum atomic E-state index is -0.0336. The van der Waals surface area contributed by atoms with Crippen LogP contribution in [0.3, 0.4) is 0 Å². The van der Waals surface area contributed by atoms with E-state index in [1.807, 2.05) is 25.1 Å². The second-order valence-electron chi connectivity index (χ2n) is 6.02. The van der Waals surface area contributed by atoms with E-state index in [1.165, 1.54) is 0 Å². The summed E-state index contributed by atoms with van der Waals surface area (Å²) < 4.78 is 0. The van der Waals surface area contributed by atoms with Crippen molar-refractivity contribution >= 4 is 35.6 Å². The molecule has 0 bridgehead atoms. The molecule has 2 rings (SSSR count). The molecule has 0 aliphatic carbocycles. The Bertz CT molecular complexity index is 510. The van der Waals surface area contributed by atoms with E-state index in [1.54, 1.807) is 0 Å². The molecule has 1 heterocycles. The van der Waals surface area contributed by atoms with Crippen LogP contribution in [0, 0.1) is 12.8 Å². The van der Waals surface area contributed by atoms with Gasteiger partial charge in [-0.25, -0.2) is 0 Å². The standard InChI is InChI=1S/C16H24ClN3O.ClH/c1-11-3-4-15(14(17)8-11)19-16(21)10-20-6-5-12(2)7-13(20)9-18;/h3-4,8,12-13H,5-7,9-10,18H2,1-2H3,(H,19,21);1H. The van der Waals surface area contributed by atoms with Crippen molar-refractivity contribution in [1.82, 2.24) is 4.90 Å². The number of benzene rings is 1. The Morgan fingerprint density at radius 3 is 2.86 bits per heavy atom. The molecule has 0 aromatic heterocycles. The first-order valence-corrected chi connectivity index (χ1v) is 7.87. The summed E-state index contributed by atoms with van der Waals surface area (Å²) in [6.07, 6.45) is 2.18. The van der Waals surface area contributed by atoms with Crippen LogP contribution >= 0.6 is 24.0 Å². The van der Waals surface area contributed by atoms with Crippen molar-refractivity contribution in [1.29, 1.82) is 0 Å². The van der Waals surface area contributed by atoms with Crippen molar-refractivity contribution in [3.8, 4) is 0 Å². The van der Waals surface area contributed by atoms with Crippen molar-refractivity contribution in [2.24, 2.45) is 11.7 Å². The van der Waals surface area contributed by atoms with Crippen molar-refractivity contribution in [3.05, 3.63) is 28.8 Å². The third kappa shape index (κ3) is 5.13. The first kappa shape index (κ1) is 19.2. The summed E-state index contributed by atoms with van der Waals surface area (Å²) in [5, 5.41) is 3.46. The number of piperidine rings is 1. The maximum Gasteiger partial charge on any atom is 0.238 e. The molecule has 2 unspecified atom stereocenters. The first-order chi connectivity index (χ1) is 9.99. The summed E-state index contributed by atoms with van der Waals surface area (Å²) in [5.74, 6) is 0.651. The first-order valence-electron chi connectivity index (χ1n) is 7.49. The number of carbonyl (C=O) groups is 1. The Balaban J connectivity index is 0.00000242. The van der Waals surface area contributed by atoms with E-state index in [9.17, 15) is 4.79 Å². The predicted molar refractivity (Wildman–Crippen MR) is 94.9 cm³/mol. The third-order valence-corrected chi connectivity index (χ3v) is 4.43. The highest BCUT2D eigenvalue weighted by atomic mass is 35.5. The molecule has 6 heteroatoms. The fraction of sp³-hybridized carbons (Fsp3) is 0.562. The van der Waals surface area contributed by atoms with Gasteiger partial charge in [0.15, 0.2) is 0 Å². The van der Waals surface area contributed by atoms with Crippen LogP contribution < -0.4 is 11.1 Å². The highest BCUT2D eigenvalue weighted by Gasteiger charge is 2.26. The predicted octanol–water partition coefficient (Wildman–Crippen LogP) is 3.07. The van der Waals surface area contributed by atoms with Gasteiger partial charge in [0.25, 0.3) is 0 Å². The van der Waals surface area contributed by atoms with Crippen LogP contribution in [0.1, 0.15) is 25.3 Å². The molecule has 1 saturated heterocycles. The summed E-state index contributed by atoms with van der Waals surface area (Å²) in [6, 6.07) is 5.93. The van der Waals surface area contributed by atoms with E-state index in [4.69, 9.17) is 17.3 Å². The van der Waals surface area contributed by atoms with Gasteiger partial charge in [0.2, 0.25) is 5.91 Å². The number of carbonyl (C=O) groups excluding carboxylic acids is 1. The monoisotopic (exact) mass is 345 g/mol. The van der Waals surface area contributed by atoms with Gasteiger partial charge in [0.1, 0.15) is 0 Å². The average Bonchev–Trinajstić information content (AvgIpc) is 2.44. The molecular weight excluding hydrogens is 321 g/mol. The van der Waals surface area contributed by atoms with Gasteiger partial charge in [-0.2, -0.15) is 0 Å². The molecule has 0 saturated carbocycles. The highest BCUT2D eigenvalue weighted by molar-refractivity contribution is 6.33. The molecule has 1 aromatic rings. The van der Waals surface area contributed by atoms with Crippen LogP contribution in [0.2, 0.25) is 5.02 Å². The number of nitrogens with two attached hydrogens (primary N) is 1. The SMILES string of the molecule is Cc1ccc(NC(=O)CN2CCC(C)CC2CN)c(Cl)c1.Cl. The smallest absolute Gasteiger partial charge is 0.238 e. The Morgan fingerprint density at radius 2 is 2.23 bits per heavy atom. The number of halogens is 2. The zero-order valence-electron chi connectivity index (χ0n) is 13.1. The number of nitrogens with zero attached hydrogens (tertiary/aromatic N) is 1. The molecule has 2 atom stereocenters. The lowest BCUT2D eigenvalue weighted by Gasteiger charge is -2.37. The van der Waals surface area contributed by atoms with Crippen LogP contribution in [0.15, 0.2) is 18.2 Å². The Labute approximate surface area is 143 Å². The van der Waals surface area contributed by atoms with Gasteiger partial charge in [0.05, 0.1) is 17.3 Å². The Morgan fingerprint density at radius 1 is 1.50 bits per heavy atom. The molecule has 124 valence electrons. The van der Waals surface area contributed by atoms with E-state index in [-0.39, 0.29) is 18.3 Å². The summed E-state index contributed by atoms with van der Waals surface area (Å²) >= 11 is 6.14. The zero-order chi connectivity index (χ0) is 15.4. The molecule has 1 aromatic carbocycles. The fourth-order valence-electron chi connectivity index (χ4n) is 2.85. The van der Waals surface area contributed by atoms with Gasteiger partial charge >= 0.3 is 0 Å². The molecule has 3 N–H and O–H groups in total. The number of hydrogen-bond acceptors (Lipinski definition) is 3. The van der Waals surface area contributed by atoms with Crippen molar-refractivity contribution in [2.75, 3.05) is 25.0 Å². The van der Waals surface area contributed by atoms with Gasteiger partial charge in [-0.3, -0.25) is 9.69 Å². The maximum absolute atomic E-state index is 12.2. The van der Waals surface area contributed by atoms with E-state index in [2.05, 4.69) is 17.1 Å². The lowest BCUT2D eigenvalue weighted by atomic mass is 9.92. The van der Waals surface area contributed by atoms with Gasteiger partial charge in [0, 0.05) is 12.6 Å². The van der Waals surface area contributed by atoms with Crippen LogP contribution in [-0.4, -0.2) is 36.5 Å². The number of aryl methyl sites for hydroxylation is 1. The Hall–Kier alpha value is -0.810. The maximum atomic E-state index is 12.2. The number of anilines is 1. The molecule has 1 amide bonds. The minimum absolute atomic E-state index is 0. The van der Waals surface area contributed by atoms with Gasteiger partial charge in [-0.1, -0.05) is 24.6 Å². The molecule has 1 fully saturated rings. The number of rotatable bonds is 4. The van der Waals surface area contributed by atoms with Gasteiger partial charge in [-0.05, 0) is 49.9 Å². The summed E-state index contributed by atoms with van der Waals surface area (Å²) in [7, 11) is 0. The number of hydrogen-bond donors (Lipinski definition) is 2. The van der Waals surface area contributed by atoms with Gasteiger partial charge < -0.3 is 11.1 Å². The van der Waals surface area contributed by atoms with E-state index in [0.29, 0.717) is 35.8 Å². The van der Waals surface area contributed by atoms with Crippen molar-refractivity contribution < 1.29 is 4.79 Å². The lowest BCUT2D eigenvalue weighted by Crippen LogP contribution is -2.49. The number of nitrogens with one attached hydrogen (secondary N) is 1. The van der Waals surface area contributed by atoms with Gasteiger partial charge in [-0.15, -0.1) is 12.4 Å². The van der Waals surface area contributed by atoms with Crippen molar-refractivity contribution in [3.63, 3.8) is 0 Å². The molecular formula is C16H25Cl2N3O. The summed E-state index contributed by atoms with van der Waals surface area (Å²) in [5.41, 5.74) is 7.57. The van der Waals surface area contributed by atoms with Crippen LogP contribution in [0.4, 0.5) is 5.69 Å². The fourth-order valence-corrected chi connectivity index (χ4v) is 3.13. The third-order valence-electron chi connectivity index (χ3n) is 4.12. The van der Waals surface area contributed by atoms with E-state index in [0.717, 1.165) is 24.9 Å². The zero-order valence-corrected chi connectivity index (χ0v) is 14.7. The Kier molecular flexibility index (Phi) is 7.63. The summed E-state index contributed by atoms with van der Waals surface area (Å²) in [4.78, 5) is 14.4. The normalized spacial score (nSPS) is 22.0. The number of likely N-dealkylation sites (tertiary alicyclic amines) is 1. The van der Waals surface area contributed by atoms with Crippen LogP contribution in [0.25, 0.3) is 0 Å².